The Labute approximate surface area is 87.9 Å². The van der Waals surface area contributed by atoms with Gasteiger partial charge in [0.25, 0.3) is 0 Å². The van der Waals surface area contributed by atoms with Crippen LogP contribution in [-0.2, 0) is 0 Å². The molecule has 14 heavy (non-hydrogen) atoms. The monoisotopic (exact) mass is 193 g/mol. The summed E-state index contributed by atoms with van der Waals surface area (Å²) in [6.45, 7) is 9.60. The van der Waals surface area contributed by atoms with Gasteiger partial charge in [-0.25, -0.2) is 0 Å². The van der Waals surface area contributed by atoms with Gasteiger partial charge in [-0.2, -0.15) is 0 Å². The molecule has 0 aromatic carbocycles. The van der Waals surface area contributed by atoms with Crippen molar-refractivity contribution in [1.82, 2.24) is 4.90 Å². The highest BCUT2D eigenvalue weighted by molar-refractivity contribution is 5.27. The summed E-state index contributed by atoms with van der Waals surface area (Å²) in [6, 6.07) is 0.981. The Morgan fingerprint density at radius 2 is 1.93 bits per heavy atom. The van der Waals surface area contributed by atoms with Crippen LogP contribution in [0.1, 0.15) is 40.0 Å². The molecular weight excluding hydrogens is 170 g/mol. The summed E-state index contributed by atoms with van der Waals surface area (Å²) in [6.07, 6.45) is 4.59. The third-order valence-electron chi connectivity index (χ3n) is 5.67. The van der Waals surface area contributed by atoms with Gasteiger partial charge in [-0.3, -0.25) is 0 Å². The SMILES string of the molecule is CCN(CC)[C@H]1[C@@H]2C[C@@H]3[C@@H]1[C@]3(CC)C2. The maximum absolute atomic E-state index is 2.74. The second-order valence-electron chi connectivity index (χ2n) is 5.63. The topological polar surface area (TPSA) is 3.24 Å². The van der Waals surface area contributed by atoms with E-state index in [1.54, 1.807) is 12.8 Å². The van der Waals surface area contributed by atoms with Crippen LogP contribution >= 0.6 is 0 Å². The molecular formula is C13H23N. The molecule has 0 aliphatic heterocycles. The summed E-state index contributed by atoms with van der Waals surface area (Å²) in [5.41, 5.74) is 0.845. The van der Waals surface area contributed by atoms with Crippen molar-refractivity contribution in [2.75, 3.05) is 13.1 Å². The van der Waals surface area contributed by atoms with Crippen molar-refractivity contribution >= 4 is 0 Å². The van der Waals surface area contributed by atoms with E-state index in [0.717, 1.165) is 29.2 Å². The predicted molar refractivity (Wildman–Crippen MR) is 59.1 cm³/mol. The van der Waals surface area contributed by atoms with E-state index in [2.05, 4.69) is 25.7 Å². The molecule has 4 bridgehead atoms. The van der Waals surface area contributed by atoms with Gasteiger partial charge in [-0.15, -0.1) is 0 Å². The fourth-order valence-corrected chi connectivity index (χ4v) is 5.12. The third kappa shape index (κ3) is 0.816. The van der Waals surface area contributed by atoms with Crippen molar-refractivity contribution in [3.05, 3.63) is 0 Å². The van der Waals surface area contributed by atoms with Crippen LogP contribution in [0.2, 0.25) is 0 Å². The molecule has 4 aliphatic rings. The lowest BCUT2D eigenvalue weighted by Crippen LogP contribution is -2.37. The minimum atomic E-state index is 0.845. The predicted octanol–water partition coefficient (Wildman–Crippen LogP) is 2.76. The van der Waals surface area contributed by atoms with Gasteiger partial charge < -0.3 is 4.90 Å². The van der Waals surface area contributed by atoms with Gasteiger partial charge in [0, 0.05) is 6.04 Å². The average molecular weight is 193 g/mol. The van der Waals surface area contributed by atoms with Crippen molar-refractivity contribution in [2.45, 2.75) is 46.1 Å². The molecule has 4 aliphatic carbocycles. The lowest BCUT2D eigenvalue weighted by atomic mass is 10.0. The van der Waals surface area contributed by atoms with E-state index in [1.807, 2.05) is 0 Å². The molecule has 5 atom stereocenters. The molecule has 0 saturated heterocycles. The van der Waals surface area contributed by atoms with E-state index in [9.17, 15) is 0 Å². The van der Waals surface area contributed by atoms with Crippen LogP contribution in [0.5, 0.6) is 0 Å². The smallest absolute Gasteiger partial charge is 0.0160 e. The third-order valence-corrected chi connectivity index (χ3v) is 5.67. The Balaban J connectivity index is 1.81. The van der Waals surface area contributed by atoms with Crippen molar-refractivity contribution < 1.29 is 0 Å². The highest BCUT2D eigenvalue weighted by Gasteiger charge is 2.77. The summed E-state index contributed by atoms with van der Waals surface area (Å²) in [5, 5.41) is 0. The normalized spacial score (nSPS) is 53.1. The van der Waals surface area contributed by atoms with Crippen LogP contribution in [0, 0.1) is 23.2 Å². The molecule has 0 heterocycles. The number of hydrogen-bond acceptors (Lipinski definition) is 1. The van der Waals surface area contributed by atoms with Gasteiger partial charge in [-0.05, 0) is 55.5 Å². The van der Waals surface area contributed by atoms with Crippen LogP contribution < -0.4 is 0 Å². The quantitative estimate of drug-likeness (QED) is 0.663. The second kappa shape index (κ2) is 2.75. The Kier molecular flexibility index (Phi) is 1.81. The highest BCUT2D eigenvalue weighted by atomic mass is 15.2. The molecule has 1 nitrogen and oxygen atoms in total. The Morgan fingerprint density at radius 1 is 1.21 bits per heavy atom. The van der Waals surface area contributed by atoms with Gasteiger partial charge in [-0.1, -0.05) is 20.8 Å². The molecule has 4 fully saturated rings. The average Bonchev–Trinajstić information content (AvgIpc) is 2.65. The molecule has 0 spiro atoms. The standard InChI is InChI=1S/C13H23N/c1-4-13-8-9-7-10(13)11(13)12(9)14(5-2)6-3/h9-12H,4-8H2,1-3H3/t9-,10-,11+,12+,13-/m1/s1. The van der Waals surface area contributed by atoms with Gasteiger partial charge in [0.15, 0.2) is 0 Å². The number of hydrogen-bond donors (Lipinski definition) is 0. The van der Waals surface area contributed by atoms with Crippen molar-refractivity contribution in [2.24, 2.45) is 23.2 Å². The first-order chi connectivity index (χ1) is 6.78. The van der Waals surface area contributed by atoms with Crippen LogP contribution in [-0.4, -0.2) is 24.0 Å². The lowest BCUT2D eigenvalue weighted by molar-refractivity contribution is 0.177. The zero-order valence-electron chi connectivity index (χ0n) is 9.79. The van der Waals surface area contributed by atoms with Crippen molar-refractivity contribution in [3.63, 3.8) is 0 Å². The fourth-order valence-electron chi connectivity index (χ4n) is 5.12. The number of rotatable bonds is 4. The van der Waals surface area contributed by atoms with Crippen LogP contribution in [0.25, 0.3) is 0 Å². The minimum absolute atomic E-state index is 0.845. The van der Waals surface area contributed by atoms with Gasteiger partial charge in [0.05, 0.1) is 0 Å². The minimum Gasteiger partial charge on any atom is -0.300 e. The largest absolute Gasteiger partial charge is 0.300 e. The van der Waals surface area contributed by atoms with E-state index in [1.165, 1.54) is 19.5 Å². The van der Waals surface area contributed by atoms with Crippen LogP contribution in [0.3, 0.4) is 0 Å². The molecule has 0 N–H and O–H groups in total. The lowest BCUT2D eigenvalue weighted by Gasteiger charge is -2.29. The summed E-state index contributed by atoms with van der Waals surface area (Å²) >= 11 is 0. The maximum Gasteiger partial charge on any atom is 0.0160 e. The molecule has 0 amide bonds. The number of nitrogens with zero attached hydrogens (tertiary/aromatic N) is 1. The molecule has 0 aromatic rings. The zero-order chi connectivity index (χ0) is 9.92. The zero-order valence-corrected chi connectivity index (χ0v) is 9.79. The molecule has 4 rings (SSSR count). The Bertz CT molecular complexity index is 246. The Hall–Kier alpha value is -0.0400. The van der Waals surface area contributed by atoms with E-state index in [-0.39, 0.29) is 0 Å². The Morgan fingerprint density at radius 3 is 2.36 bits per heavy atom. The van der Waals surface area contributed by atoms with Gasteiger partial charge in [0.1, 0.15) is 0 Å². The summed E-state index contributed by atoms with van der Waals surface area (Å²) in [7, 11) is 0. The van der Waals surface area contributed by atoms with Crippen LogP contribution in [0.4, 0.5) is 0 Å². The summed E-state index contributed by atoms with van der Waals surface area (Å²) in [4.78, 5) is 2.74. The fraction of sp³-hybridized carbons (Fsp3) is 1.00. The first-order valence-electron chi connectivity index (χ1n) is 6.52. The molecule has 0 radical (unpaired) electrons. The first kappa shape index (κ1) is 9.21. The molecule has 0 unspecified atom stereocenters. The molecule has 4 saturated carbocycles. The van der Waals surface area contributed by atoms with E-state index in [0.29, 0.717) is 0 Å². The second-order valence-corrected chi connectivity index (χ2v) is 5.63. The molecule has 0 aromatic heterocycles. The van der Waals surface area contributed by atoms with Gasteiger partial charge in [0.2, 0.25) is 0 Å². The van der Waals surface area contributed by atoms with E-state index < -0.39 is 0 Å². The van der Waals surface area contributed by atoms with Crippen molar-refractivity contribution in [3.8, 4) is 0 Å². The summed E-state index contributed by atoms with van der Waals surface area (Å²) in [5.74, 6) is 3.32. The molecule has 80 valence electrons. The van der Waals surface area contributed by atoms with Crippen molar-refractivity contribution in [1.29, 1.82) is 0 Å². The molecule has 1 heteroatoms. The maximum atomic E-state index is 2.74. The van der Waals surface area contributed by atoms with Crippen LogP contribution in [0.15, 0.2) is 0 Å². The van der Waals surface area contributed by atoms with Gasteiger partial charge >= 0.3 is 0 Å². The summed E-state index contributed by atoms with van der Waals surface area (Å²) < 4.78 is 0. The highest BCUT2D eigenvalue weighted by Crippen LogP contribution is 2.81. The van der Waals surface area contributed by atoms with E-state index >= 15 is 0 Å². The van der Waals surface area contributed by atoms with E-state index in [4.69, 9.17) is 0 Å². The first-order valence-corrected chi connectivity index (χ1v) is 6.52.